The molecular formula is C29H56N2O3. The Kier molecular flexibility index (Phi) is 19.3. The van der Waals surface area contributed by atoms with E-state index in [1.807, 2.05) is 11.8 Å². The summed E-state index contributed by atoms with van der Waals surface area (Å²) in [4.78, 5) is 28.7. The third kappa shape index (κ3) is 15.7. The first-order valence-corrected chi connectivity index (χ1v) is 14.8. The normalized spacial score (nSPS) is 14.6. The smallest absolute Gasteiger partial charge is 0.320 e. The van der Waals surface area contributed by atoms with Crippen LogP contribution in [0.1, 0.15) is 130 Å². The average molecular weight is 481 g/mol. The maximum atomic E-state index is 12.6. The van der Waals surface area contributed by atoms with Gasteiger partial charge in [0.05, 0.1) is 13.2 Å². The minimum Gasteiger partial charge on any atom is -0.464 e. The molecule has 0 spiro atoms. The van der Waals surface area contributed by atoms with Crippen molar-refractivity contribution in [3.8, 4) is 0 Å². The molecule has 0 aromatic carbocycles. The number of ether oxygens (including phenoxy) is 1. The number of hydrogen-bond acceptors (Lipinski definition) is 4. The average Bonchev–Trinajstić information content (AvgIpc) is 2.86. The van der Waals surface area contributed by atoms with Gasteiger partial charge in [-0.2, -0.15) is 0 Å². The predicted molar refractivity (Wildman–Crippen MR) is 143 cm³/mol. The van der Waals surface area contributed by atoms with Gasteiger partial charge in [0.1, 0.15) is 0 Å². The fourth-order valence-electron chi connectivity index (χ4n) is 4.87. The number of rotatable bonds is 21. The van der Waals surface area contributed by atoms with Crippen molar-refractivity contribution in [2.45, 2.75) is 130 Å². The molecule has 5 nitrogen and oxygen atoms in total. The Morgan fingerprint density at radius 3 is 1.68 bits per heavy atom. The quantitative estimate of drug-likeness (QED) is 0.131. The molecular weight excluding hydrogens is 424 g/mol. The topological polar surface area (TPSA) is 49.9 Å². The summed E-state index contributed by atoms with van der Waals surface area (Å²) in [5, 5.41) is 0. The predicted octanol–water partition coefficient (Wildman–Crippen LogP) is 6.98. The largest absolute Gasteiger partial charge is 0.464 e. The summed E-state index contributed by atoms with van der Waals surface area (Å²) in [7, 11) is 0. The molecule has 1 saturated heterocycles. The van der Waals surface area contributed by atoms with Crippen molar-refractivity contribution in [3.05, 3.63) is 0 Å². The first-order valence-electron chi connectivity index (χ1n) is 14.8. The molecule has 0 N–H and O–H groups in total. The van der Waals surface area contributed by atoms with Crippen LogP contribution in [-0.2, 0) is 14.3 Å². The number of carbonyl (C=O) groups excluding carboxylic acids is 2. The Balaban J connectivity index is 2.29. The lowest BCUT2D eigenvalue weighted by Gasteiger charge is -2.31. The van der Waals surface area contributed by atoms with E-state index in [1.54, 1.807) is 0 Å². The van der Waals surface area contributed by atoms with Crippen LogP contribution < -0.4 is 0 Å². The summed E-state index contributed by atoms with van der Waals surface area (Å²) in [6, 6.07) is 0. The second kappa shape index (κ2) is 21.2. The van der Waals surface area contributed by atoms with Crippen molar-refractivity contribution in [2.75, 3.05) is 39.3 Å². The van der Waals surface area contributed by atoms with Crippen molar-refractivity contribution in [1.82, 2.24) is 9.80 Å². The van der Waals surface area contributed by atoms with Gasteiger partial charge in [0.15, 0.2) is 0 Å². The fraction of sp³-hybridized carbons (Fsp3) is 0.931. The lowest BCUT2D eigenvalue weighted by atomic mass is 9.97. The zero-order valence-corrected chi connectivity index (χ0v) is 23.0. The van der Waals surface area contributed by atoms with Crippen LogP contribution >= 0.6 is 0 Å². The highest BCUT2D eigenvalue weighted by Gasteiger charge is 2.23. The van der Waals surface area contributed by atoms with Crippen LogP contribution in [0.3, 0.4) is 0 Å². The van der Waals surface area contributed by atoms with E-state index < -0.39 is 0 Å². The second-order valence-electron chi connectivity index (χ2n) is 10.4. The van der Waals surface area contributed by atoms with Gasteiger partial charge in [0.25, 0.3) is 0 Å². The molecule has 0 radical (unpaired) electrons. The van der Waals surface area contributed by atoms with Crippen LogP contribution in [0.2, 0.25) is 0 Å². The number of piperidine rings is 1. The lowest BCUT2D eigenvalue weighted by Crippen LogP contribution is -2.39. The molecule has 1 heterocycles. The van der Waals surface area contributed by atoms with Crippen LogP contribution in [0.15, 0.2) is 0 Å². The van der Waals surface area contributed by atoms with Crippen molar-refractivity contribution < 1.29 is 14.3 Å². The maximum absolute atomic E-state index is 12.6. The minimum atomic E-state index is -0.0713. The molecule has 1 amide bonds. The number of unbranched alkanes of at least 4 members (excludes halogenated alkanes) is 12. The summed E-state index contributed by atoms with van der Waals surface area (Å²) in [6.07, 6.45) is 20.7. The van der Waals surface area contributed by atoms with E-state index in [4.69, 9.17) is 4.74 Å². The molecule has 34 heavy (non-hydrogen) atoms. The maximum Gasteiger partial charge on any atom is 0.320 e. The zero-order chi connectivity index (χ0) is 24.9. The Morgan fingerprint density at radius 2 is 1.21 bits per heavy atom. The minimum absolute atomic E-state index is 0.0713. The van der Waals surface area contributed by atoms with E-state index in [0.717, 1.165) is 39.0 Å². The molecule has 5 heteroatoms. The van der Waals surface area contributed by atoms with Gasteiger partial charge in [0.2, 0.25) is 5.91 Å². The SMILES string of the molecule is CCCCCCCCCN(CCCCCCCCC)CC(=O)OCC1CCN(C(=O)CC)CC1. The van der Waals surface area contributed by atoms with Crippen LogP contribution in [0.5, 0.6) is 0 Å². The number of nitrogens with zero attached hydrogens (tertiary/aromatic N) is 2. The first-order chi connectivity index (χ1) is 16.6. The molecule has 1 aliphatic heterocycles. The highest BCUT2D eigenvalue weighted by atomic mass is 16.5. The van der Waals surface area contributed by atoms with Gasteiger partial charge >= 0.3 is 5.97 Å². The molecule has 1 aliphatic rings. The zero-order valence-electron chi connectivity index (χ0n) is 23.0. The number of amides is 1. The van der Waals surface area contributed by atoms with E-state index in [0.29, 0.717) is 25.5 Å². The third-order valence-electron chi connectivity index (χ3n) is 7.26. The van der Waals surface area contributed by atoms with Crippen LogP contribution in [0.4, 0.5) is 0 Å². The molecule has 0 bridgehead atoms. The molecule has 0 aromatic heterocycles. The number of carbonyl (C=O) groups is 2. The Labute approximate surface area is 211 Å². The van der Waals surface area contributed by atoms with Crippen molar-refractivity contribution >= 4 is 11.9 Å². The molecule has 0 atom stereocenters. The molecule has 1 fully saturated rings. The number of esters is 1. The van der Waals surface area contributed by atoms with Gasteiger partial charge < -0.3 is 9.64 Å². The summed E-state index contributed by atoms with van der Waals surface area (Å²) < 4.78 is 5.69. The molecule has 1 rings (SSSR count). The van der Waals surface area contributed by atoms with E-state index in [-0.39, 0.29) is 11.9 Å². The lowest BCUT2D eigenvalue weighted by molar-refractivity contribution is -0.147. The van der Waals surface area contributed by atoms with Gasteiger partial charge in [-0.3, -0.25) is 14.5 Å². The molecule has 200 valence electrons. The highest BCUT2D eigenvalue weighted by molar-refractivity contribution is 5.75. The van der Waals surface area contributed by atoms with E-state index >= 15 is 0 Å². The molecule has 0 aromatic rings. The number of likely N-dealkylation sites (tertiary alicyclic amines) is 1. The summed E-state index contributed by atoms with van der Waals surface area (Å²) in [5.74, 6) is 0.560. The van der Waals surface area contributed by atoms with E-state index in [2.05, 4.69) is 18.7 Å². The van der Waals surface area contributed by atoms with Crippen LogP contribution in [0.25, 0.3) is 0 Å². The summed E-state index contributed by atoms with van der Waals surface area (Å²) in [5.41, 5.74) is 0. The van der Waals surface area contributed by atoms with Gasteiger partial charge in [-0.25, -0.2) is 0 Å². The molecule has 0 saturated carbocycles. The second-order valence-corrected chi connectivity index (χ2v) is 10.4. The van der Waals surface area contributed by atoms with Gasteiger partial charge in [0, 0.05) is 19.5 Å². The third-order valence-corrected chi connectivity index (χ3v) is 7.26. The molecule has 0 aliphatic carbocycles. The summed E-state index contributed by atoms with van der Waals surface area (Å²) in [6.45, 7) is 11.0. The Bertz CT molecular complexity index is 486. The summed E-state index contributed by atoms with van der Waals surface area (Å²) >= 11 is 0. The van der Waals surface area contributed by atoms with Gasteiger partial charge in [-0.1, -0.05) is 97.8 Å². The van der Waals surface area contributed by atoms with Gasteiger partial charge in [-0.05, 0) is 44.7 Å². The van der Waals surface area contributed by atoms with E-state index in [9.17, 15) is 9.59 Å². The van der Waals surface area contributed by atoms with Crippen LogP contribution in [0, 0.1) is 5.92 Å². The Morgan fingerprint density at radius 1 is 0.735 bits per heavy atom. The fourth-order valence-corrected chi connectivity index (χ4v) is 4.87. The van der Waals surface area contributed by atoms with Crippen molar-refractivity contribution in [1.29, 1.82) is 0 Å². The van der Waals surface area contributed by atoms with E-state index in [1.165, 1.54) is 89.9 Å². The van der Waals surface area contributed by atoms with Gasteiger partial charge in [-0.15, -0.1) is 0 Å². The first kappa shape index (κ1) is 30.9. The van der Waals surface area contributed by atoms with Crippen LogP contribution in [-0.4, -0.2) is 61.0 Å². The standard InChI is InChI=1S/C29H56N2O3/c1-4-7-9-11-13-15-17-21-30(22-18-16-14-12-10-8-5-2)25-29(33)34-26-27-19-23-31(24-20-27)28(32)6-3/h27H,4-26H2,1-3H3. The van der Waals surface area contributed by atoms with Crippen molar-refractivity contribution in [3.63, 3.8) is 0 Å². The van der Waals surface area contributed by atoms with Crippen molar-refractivity contribution in [2.24, 2.45) is 5.92 Å². The highest BCUT2D eigenvalue weighted by Crippen LogP contribution is 2.18. The number of hydrogen-bond donors (Lipinski definition) is 0. The molecule has 0 unspecified atom stereocenters. The monoisotopic (exact) mass is 480 g/mol. The Hall–Kier alpha value is -1.10.